The number of methoxy groups -OCH3 is 1. The standard InChI is InChI=1S/C29H32N2O6/c1-34-22-15-13-20(14-16-22)27(28(32)30-21-8-3-2-4-9-21)31(18-23-10-7-17-35-23)29(33)26-19-36-24-11-5-6-12-25(24)37-26/h5-7,10-17,21,26-27H,2-4,8-9,18-19H2,1H3,(H,30,32)/t26-,27-/m1/s1. The minimum atomic E-state index is -0.909. The van der Waals surface area contributed by atoms with Gasteiger partial charge >= 0.3 is 0 Å². The molecular weight excluding hydrogens is 472 g/mol. The lowest BCUT2D eigenvalue weighted by atomic mass is 9.94. The summed E-state index contributed by atoms with van der Waals surface area (Å²) in [5.74, 6) is 1.73. The van der Waals surface area contributed by atoms with Crippen LogP contribution in [0.3, 0.4) is 0 Å². The van der Waals surface area contributed by atoms with Gasteiger partial charge in [0.05, 0.1) is 19.9 Å². The van der Waals surface area contributed by atoms with Crippen molar-refractivity contribution in [1.29, 1.82) is 0 Å². The first-order valence-corrected chi connectivity index (χ1v) is 12.8. The molecule has 2 heterocycles. The Labute approximate surface area is 216 Å². The van der Waals surface area contributed by atoms with Gasteiger partial charge in [0.25, 0.3) is 5.91 Å². The molecule has 1 N–H and O–H groups in total. The SMILES string of the molecule is COc1ccc([C@H](C(=O)NC2CCCCC2)N(Cc2ccco2)C(=O)[C@H]2COc3ccccc3O2)cc1. The van der Waals surface area contributed by atoms with E-state index in [1.807, 2.05) is 24.3 Å². The molecule has 2 amide bonds. The maximum Gasteiger partial charge on any atom is 0.268 e. The van der Waals surface area contributed by atoms with Crippen LogP contribution in [0.2, 0.25) is 0 Å². The molecular formula is C29H32N2O6. The van der Waals surface area contributed by atoms with E-state index < -0.39 is 12.1 Å². The zero-order chi connectivity index (χ0) is 25.6. The molecule has 194 valence electrons. The summed E-state index contributed by atoms with van der Waals surface area (Å²) in [6.45, 7) is 0.145. The van der Waals surface area contributed by atoms with Gasteiger partial charge in [-0.3, -0.25) is 9.59 Å². The quantitative estimate of drug-likeness (QED) is 0.480. The smallest absolute Gasteiger partial charge is 0.268 e. The van der Waals surface area contributed by atoms with E-state index in [0.717, 1.165) is 25.7 Å². The highest BCUT2D eigenvalue weighted by Gasteiger charge is 2.39. The Morgan fingerprint density at radius 2 is 1.76 bits per heavy atom. The van der Waals surface area contributed by atoms with Gasteiger partial charge in [-0.2, -0.15) is 0 Å². The normalized spacial score (nSPS) is 18.0. The molecule has 1 saturated carbocycles. The first-order valence-electron chi connectivity index (χ1n) is 12.8. The molecule has 37 heavy (non-hydrogen) atoms. The molecule has 2 aliphatic rings. The number of amides is 2. The highest BCUT2D eigenvalue weighted by atomic mass is 16.6. The van der Waals surface area contributed by atoms with Gasteiger partial charge in [-0.05, 0) is 54.8 Å². The monoisotopic (exact) mass is 504 g/mol. The summed E-state index contributed by atoms with van der Waals surface area (Å²) in [7, 11) is 1.59. The number of nitrogens with one attached hydrogen (secondary N) is 1. The van der Waals surface area contributed by atoms with Gasteiger partial charge in [-0.25, -0.2) is 0 Å². The summed E-state index contributed by atoms with van der Waals surface area (Å²) in [5.41, 5.74) is 0.672. The fourth-order valence-corrected chi connectivity index (χ4v) is 4.98. The Bertz CT molecular complexity index is 1190. The van der Waals surface area contributed by atoms with Gasteiger partial charge in [0, 0.05) is 6.04 Å². The summed E-state index contributed by atoms with van der Waals surface area (Å²) in [6, 6.07) is 17.2. The van der Waals surface area contributed by atoms with E-state index in [4.69, 9.17) is 18.6 Å². The molecule has 3 aromatic rings. The van der Waals surface area contributed by atoms with Gasteiger partial charge in [-0.15, -0.1) is 0 Å². The van der Waals surface area contributed by atoms with Crippen molar-refractivity contribution < 1.29 is 28.2 Å². The second-order valence-corrected chi connectivity index (χ2v) is 9.43. The fraction of sp³-hybridized carbons (Fsp3) is 0.379. The number of fused-ring (bicyclic) bond motifs is 1. The molecule has 1 aromatic heterocycles. The summed E-state index contributed by atoms with van der Waals surface area (Å²) >= 11 is 0. The number of nitrogens with zero attached hydrogens (tertiary/aromatic N) is 1. The third-order valence-corrected chi connectivity index (χ3v) is 6.92. The minimum absolute atomic E-state index is 0.0457. The zero-order valence-electron chi connectivity index (χ0n) is 20.9. The molecule has 1 aliphatic carbocycles. The molecule has 0 saturated heterocycles. The van der Waals surface area contributed by atoms with Crippen molar-refractivity contribution in [1.82, 2.24) is 10.2 Å². The Hall–Kier alpha value is -3.94. The van der Waals surface area contributed by atoms with Gasteiger partial charge in [0.2, 0.25) is 12.0 Å². The van der Waals surface area contributed by atoms with Crippen molar-refractivity contribution in [2.24, 2.45) is 0 Å². The largest absolute Gasteiger partial charge is 0.497 e. The topological polar surface area (TPSA) is 90.2 Å². The number of para-hydroxylation sites is 2. The van der Waals surface area contributed by atoms with Crippen molar-refractivity contribution in [3.8, 4) is 17.2 Å². The predicted molar refractivity (Wildman–Crippen MR) is 136 cm³/mol. The molecule has 0 spiro atoms. The predicted octanol–water partition coefficient (Wildman–Crippen LogP) is 4.65. The van der Waals surface area contributed by atoms with Crippen LogP contribution < -0.4 is 19.5 Å². The number of hydrogen-bond donors (Lipinski definition) is 1. The van der Waals surface area contributed by atoms with E-state index in [0.29, 0.717) is 28.6 Å². The average molecular weight is 505 g/mol. The van der Waals surface area contributed by atoms with Gasteiger partial charge in [0.15, 0.2) is 11.5 Å². The summed E-state index contributed by atoms with van der Waals surface area (Å²) < 4.78 is 22.8. The molecule has 1 aliphatic heterocycles. The van der Waals surface area contributed by atoms with Crippen molar-refractivity contribution in [2.75, 3.05) is 13.7 Å². The molecule has 0 unspecified atom stereocenters. The van der Waals surface area contributed by atoms with Gasteiger partial charge in [0.1, 0.15) is 24.2 Å². The zero-order valence-corrected chi connectivity index (χ0v) is 20.9. The van der Waals surface area contributed by atoms with Crippen LogP contribution in [-0.4, -0.2) is 42.6 Å². The Morgan fingerprint density at radius 3 is 2.46 bits per heavy atom. The number of hydrogen-bond acceptors (Lipinski definition) is 6. The van der Waals surface area contributed by atoms with Crippen LogP contribution >= 0.6 is 0 Å². The maximum atomic E-state index is 14.0. The molecule has 8 nitrogen and oxygen atoms in total. The van der Waals surface area contributed by atoms with Gasteiger partial charge in [-0.1, -0.05) is 43.5 Å². The second-order valence-electron chi connectivity index (χ2n) is 9.43. The molecule has 5 rings (SSSR count). The second kappa shape index (κ2) is 11.4. The lowest BCUT2D eigenvalue weighted by Gasteiger charge is -2.36. The van der Waals surface area contributed by atoms with Crippen LogP contribution in [0.4, 0.5) is 0 Å². The lowest BCUT2D eigenvalue weighted by molar-refractivity contribution is -0.149. The van der Waals surface area contributed by atoms with E-state index in [1.165, 1.54) is 11.3 Å². The van der Waals surface area contributed by atoms with Crippen LogP contribution in [0.5, 0.6) is 17.2 Å². The third kappa shape index (κ3) is 5.74. The molecule has 0 bridgehead atoms. The van der Waals surface area contributed by atoms with Crippen molar-refractivity contribution in [2.45, 2.75) is 56.8 Å². The summed E-state index contributed by atoms with van der Waals surface area (Å²) in [6.07, 6.45) is 5.86. The molecule has 2 aromatic carbocycles. The average Bonchev–Trinajstić information content (AvgIpc) is 3.46. The molecule has 2 atom stereocenters. The van der Waals surface area contributed by atoms with E-state index in [-0.39, 0.29) is 31.0 Å². The lowest BCUT2D eigenvalue weighted by Crippen LogP contribution is -2.52. The first kappa shape index (κ1) is 24.7. The van der Waals surface area contributed by atoms with E-state index in [9.17, 15) is 9.59 Å². The number of carbonyl (C=O) groups is 2. The van der Waals surface area contributed by atoms with E-state index in [1.54, 1.807) is 49.8 Å². The molecule has 0 radical (unpaired) electrons. The van der Waals surface area contributed by atoms with Crippen molar-refractivity contribution >= 4 is 11.8 Å². The van der Waals surface area contributed by atoms with Crippen LogP contribution in [0.25, 0.3) is 0 Å². The van der Waals surface area contributed by atoms with Crippen LogP contribution in [0.1, 0.15) is 49.5 Å². The summed E-state index contributed by atoms with van der Waals surface area (Å²) in [4.78, 5) is 29.5. The number of ether oxygens (including phenoxy) is 3. The van der Waals surface area contributed by atoms with Crippen molar-refractivity contribution in [3.63, 3.8) is 0 Å². The third-order valence-electron chi connectivity index (χ3n) is 6.92. The van der Waals surface area contributed by atoms with E-state index in [2.05, 4.69) is 5.32 Å². The van der Waals surface area contributed by atoms with Crippen molar-refractivity contribution in [3.05, 3.63) is 78.3 Å². The number of furan rings is 1. The maximum absolute atomic E-state index is 14.0. The Balaban J connectivity index is 1.48. The molecule has 8 heteroatoms. The van der Waals surface area contributed by atoms with Gasteiger partial charge < -0.3 is 28.8 Å². The number of carbonyl (C=O) groups excluding carboxylic acids is 2. The van der Waals surface area contributed by atoms with Crippen LogP contribution in [-0.2, 0) is 16.1 Å². The van der Waals surface area contributed by atoms with Crippen LogP contribution in [0, 0.1) is 0 Å². The van der Waals surface area contributed by atoms with E-state index >= 15 is 0 Å². The number of rotatable bonds is 8. The minimum Gasteiger partial charge on any atom is -0.497 e. The number of benzene rings is 2. The first-order chi connectivity index (χ1) is 18.1. The van der Waals surface area contributed by atoms with Crippen LogP contribution in [0.15, 0.2) is 71.3 Å². The Kier molecular flexibility index (Phi) is 7.63. The highest BCUT2D eigenvalue weighted by molar-refractivity contribution is 5.91. The summed E-state index contributed by atoms with van der Waals surface area (Å²) in [5, 5.41) is 3.21. The Morgan fingerprint density at radius 1 is 1.00 bits per heavy atom. The fourth-order valence-electron chi connectivity index (χ4n) is 4.98. The molecule has 1 fully saturated rings. The highest BCUT2D eigenvalue weighted by Crippen LogP contribution is 2.33.